The van der Waals surface area contributed by atoms with Crippen LogP contribution in [0.1, 0.15) is 0 Å². The number of hydrogen-bond acceptors (Lipinski definition) is 3. The van der Waals surface area contributed by atoms with Gasteiger partial charge in [0.1, 0.15) is 11.2 Å². The Morgan fingerprint density at radius 3 is 1.84 bits per heavy atom. The van der Waals surface area contributed by atoms with Gasteiger partial charge in [-0.25, -0.2) is 9.97 Å². The third-order valence-electron chi connectivity index (χ3n) is 12.3. The fraction of sp³-hybridized carbons (Fsp3) is 0. The van der Waals surface area contributed by atoms with E-state index in [-0.39, 0.29) is 0 Å². The number of aromatic nitrogens is 4. The lowest BCUT2D eigenvalue weighted by Gasteiger charge is -2.12. The molecule has 0 amide bonds. The highest BCUT2D eigenvalue weighted by Gasteiger charge is 2.24. The second-order valence-corrected chi connectivity index (χ2v) is 15.7. The summed E-state index contributed by atoms with van der Waals surface area (Å²) in [6, 6.07) is 73.0. The Morgan fingerprint density at radius 2 is 1.02 bits per heavy atom. The van der Waals surface area contributed by atoms with Crippen molar-refractivity contribution < 1.29 is 4.42 Å². The Hall–Kier alpha value is -8.28. The van der Waals surface area contributed by atoms with E-state index in [2.05, 4.69) is 191 Å². The van der Waals surface area contributed by atoms with Gasteiger partial charge in [-0.15, -0.1) is 0 Å². The van der Waals surface area contributed by atoms with Crippen molar-refractivity contribution in [3.8, 4) is 45.1 Å². The lowest BCUT2D eigenvalue weighted by atomic mass is 10.0. The topological polar surface area (TPSA) is 48.8 Å². The summed E-state index contributed by atoms with van der Waals surface area (Å²) in [6.07, 6.45) is 0. The molecule has 0 aliphatic carbocycles. The molecule has 0 radical (unpaired) electrons. The molecule has 13 rings (SSSR count). The summed E-state index contributed by atoms with van der Waals surface area (Å²) in [5.74, 6) is 0.701. The van der Waals surface area contributed by atoms with E-state index >= 15 is 0 Å². The summed E-state index contributed by atoms with van der Waals surface area (Å²) in [6.45, 7) is 0. The van der Waals surface area contributed by atoms with Crippen LogP contribution < -0.4 is 0 Å². The van der Waals surface area contributed by atoms with Crippen LogP contribution in [0.15, 0.2) is 211 Å². The highest BCUT2D eigenvalue weighted by Crippen LogP contribution is 2.46. The van der Waals surface area contributed by atoms with E-state index in [1.807, 2.05) is 24.3 Å². The molecule has 9 aromatic carbocycles. The fourth-order valence-corrected chi connectivity index (χ4v) is 9.60. The normalized spacial score (nSPS) is 11.9. The number of hydrogen-bond donors (Lipinski definition) is 0. The molecule has 0 fully saturated rings. The maximum absolute atomic E-state index is 6.77. The minimum atomic E-state index is 0.701. The van der Waals surface area contributed by atoms with Gasteiger partial charge in [0, 0.05) is 54.8 Å². The monoisotopic (exact) mass is 778 g/mol. The van der Waals surface area contributed by atoms with Crippen LogP contribution >= 0.6 is 0 Å². The van der Waals surface area contributed by atoms with Crippen LogP contribution in [-0.2, 0) is 0 Å². The van der Waals surface area contributed by atoms with Crippen molar-refractivity contribution in [1.82, 2.24) is 19.1 Å². The van der Waals surface area contributed by atoms with Crippen molar-refractivity contribution in [1.29, 1.82) is 0 Å². The quantitative estimate of drug-likeness (QED) is 0.175. The maximum Gasteiger partial charge on any atom is 0.160 e. The van der Waals surface area contributed by atoms with E-state index in [1.165, 1.54) is 21.9 Å². The highest BCUT2D eigenvalue weighted by molar-refractivity contribution is 6.31. The van der Waals surface area contributed by atoms with Gasteiger partial charge >= 0.3 is 0 Å². The third-order valence-corrected chi connectivity index (χ3v) is 12.3. The molecule has 13 aromatic rings. The number of fused-ring (bicyclic) bond motifs is 12. The van der Waals surface area contributed by atoms with Crippen molar-refractivity contribution >= 4 is 76.5 Å². The first-order valence-corrected chi connectivity index (χ1v) is 20.7. The Kier molecular flexibility index (Phi) is 7.24. The molecule has 0 atom stereocenters. The van der Waals surface area contributed by atoms with Crippen LogP contribution in [0.25, 0.3) is 122 Å². The summed E-state index contributed by atoms with van der Waals surface area (Å²) in [4.78, 5) is 10.2. The zero-order chi connectivity index (χ0) is 40.0. The Balaban J connectivity index is 1.06. The third kappa shape index (κ3) is 5.08. The molecule has 0 saturated carbocycles. The molecule has 61 heavy (non-hydrogen) atoms. The zero-order valence-electron chi connectivity index (χ0n) is 32.8. The summed E-state index contributed by atoms with van der Waals surface area (Å²) < 4.78 is 11.6. The molecule has 5 heteroatoms. The summed E-state index contributed by atoms with van der Waals surface area (Å²) >= 11 is 0. The van der Waals surface area contributed by atoms with Crippen LogP contribution in [0, 0.1) is 0 Å². The largest absolute Gasteiger partial charge is 0.455 e. The molecule has 0 aliphatic rings. The van der Waals surface area contributed by atoms with Gasteiger partial charge in [0.25, 0.3) is 0 Å². The van der Waals surface area contributed by atoms with Gasteiger partial charge in [-0.05, 0) is 90.0 Å². The second kappa shape index (κ2) is 13.1. The summed E-state index contributed by atoms with van der Waals surface area (Å²) in [5, 5.41) is 7.91. The molecule has 284 valence electrons. The van der Waals surface area contributed by atoms with E-state index in [0.29, 0.717) is 5.82 Å². The van der Waals surface area contributed by atoms with Crippen molar-refractivity contribution in [2.75, 3.05) is 0 Å². The summed E-state index contributed by atoms with van der Waals surface area (Å²) in [7, 11) is 0. The van der Waals surface area contributed by atoms with Crippen LogP contribution in [0.4, 0.5) is 0 Å². The van der Waals surface area contributed by atoms with Crippen molar-refractivity contribution in [2.24, 2.45) is 0 Å². The van der Waals surface area contributed by atoms with Crippen molar-refractivity contribution in [3.05, 3.63) is 206 Å². The van der Waals surface area contributed by atoms with Gasteiger partial charge in [0.05, 0.1) is 38.7 Å². The van der Waals surface area contributed by atoms with Crippen LogP contribution in [0.3, 0.4) is 0 Å². The first kappa shape index (κ1) is 33.7. The smallest absolute Gasteiger partial charge is 0.160 e. The predicted octanol–water partition coefficient (Wildman–Crippen LogP) is 14.7. The molecule has 0 aliphatic heterocycles. The lowest BCUT2D eigenvalue weighted by Crippen LogP contribution is -1.97. The predicted molar refractivity (Wildman–Crippen MR) is 252 cm³/mol. The molecule has 4 aromatic heterocycles. The number of furan rings is 1. The van der Waals surface area contributed by atoms with E-state index in [4.69, 9.17) is 14.4 Å². The van der Waals surface area contributed by atoms with Gasteiger partial charge in [-0.2, -0.15) is 0 Å². The fourth-order valence-electron chi connectivity index (χ4n) is 9.60. The Morgan fingerprint density at radius 1 is 0.361 bits per heavy atom. The van der Waals surface area contributed by atoms with Gasteiger partial charge < -0.3 is 13.6 Å². The van der Waals surface area contributed by atoms with E-state index in [0.717, 1.165) is 93.9 Å². The molecule has 4 heterocycles. The minimum absolute atomic E-state index is 0.701. The van der Waals surface area contributed by atoms with E-state index in [9.17, 15) is 0 Å². The molecule has 0 N–H and O–H groups in total. The molecular weight excluding hydrogens is 745 g/mol. The van der Waals surface area contributed by atoms with Crippen LogP contribution in [0.5, 0.6) is 0 Å². The molecule has 5 nitrogen and oxygen atoms in total. The maximum atomic E-state index is 6.77. The highest BCUT2D eigenvalue weighted by atomic mass is 16.3. The SMILES string of the molecule is c1ccc(-c2cccc(-n3c4ccc5c6ccccc6oc5c4c4ccc5c(c6ccccc6n5-c5ccc(-c6nc(-c7ccccc7)c7ccccc7n6)cc5)c43)c2)cc1. The zero-order valence-corrected chi connectivity index (χ0v) is 32.8. The molecule has 0 saturated heterocycles. The molecule has 0 spiro atoms. The van der Waals surface area contributed by atoms with Gasteiger partial charge in [-0.1, -0.05) is 127 Å². The average Bonchev–Trinajstić information content (AvgIpc) is 3.99. The van der Waals surface area contributed by atoms with Crippen LogP contribution in [0.2, 0.25) is 0 Å². The number of rotatable bonds is 5. The van der Waals surface area contributed by atoms with E-state index < -0.39 is 0 Å². The van der Waals surface area contributed by atoms with Gasteiger partial charge in [-0.3, -0.25) is 0 Å². The first-order valence-electron chi connectivity index (χ1n) is 20.7. The van der Waals surface area contributed by atoms with Crippen molar-refractivity contribution in [2.45, 2.75) is 0 Å². The minimum Gasteiger partial charge on any atom is -0.455 e. The van der Waals surface area contributed by atoms with Crippen LogP contribution in [-0.4, -0.2) is 19.1 Å². The summed E-state index contributed by atoms with van der Waals surface area (Å²) in [5.41, 5.74) is 14.7. The number of para-hydroxylation sites is 3. The lowest BCUT2D eigenvalue weighted by molar-refractivity contribution is 0.673. The van der Waals surface area contributed by atoms with Crippen molar-refractivity contribution in [3.63, 3.8) is 0 Å². The second-order valence-electron chi connectivity index (χ2n) is 15.7. The van der Waals surface area contributed by atoms with Gasteiger partial charge in [0.15, 0.2) is 5.82 Å². The Labute approximate surface area is 350 Å². The van der Waals surface area contributed by atoms with Gasteiger partial charge in [0.2, 0.25) is 0 Å². The first-order chi connectivity index (χ1) is 30.3. The van der Waals surface area contributed by atoms with E-state index in [1.54, 1.807) is 0 Å². The number of benzene rings is 9. The average molecular weight is 779 g/mol. The standard InChI is InChI=1S/C56H34N4O/c1-3-14-35(15-4-1)38-18-13-19-40(34-38)60-49-32-30-42-41-20-9-12-25-50(41)61-55(42)52(49)45-31-33-48-51(54(45)60)44-22-8-11-24-47(44)59(48)39-28-26-37(27-29-39)56-57-46-23-10-7-21-43(46)53(58-56)36-16-5-2-6-17-36/h1-34H. The molecular formula is C56H34N4O. The molecule has 0 bridgehead atoms. The molecule has 0 unspecified atom stereocenters. The Bertz CT molecular complexity index is 3860. The number of nitrogens with zero attached hydrogens (tertiary/aromatic N) is 4.